The van der Waals surface area contributed by atoms with Crippen LogP contribution in [0, 0.1) is 0 Å². The zero-order chi connectivity index (χ0) is 19.9. The Morgan fingerprint density at radius 3 is 2.14 bits per heavy atom. The van der Waals surface area contributed by atoms with Crippen LogP contribution < -0.4 is 4.90 Å². The topological polar surface area (TPSA) is 49.3 Å². The zero-order valence-corrected chi connectivity index (χ0v) is 16.6. The van der Waals surface area contributed by atoms with Crippen LogP contribution in [0.5, 0.6) is 0 Å². The number of aryl methyl sites for hydroxylation is 1. The molecule has 1 amide bonds. The highest BCUT2D eigenvalue weighted by molar-refractivity contribution is 5.76. The number of benzene rings is 2. The molecule has 0 radical (unpaired) electrons. The number of hydrogen-bond acceptors (Lipinski definition) is 4. The highest BCUT2D eigenvalue weighted by Gasteiger charge is 2.21. The first-order valence-corrected chi connectivity index (χ1v) is 10.3. The summed E-state index contributed by atoms with van der Waals surface area (Å²) in [4.78, 5) is 16.7. The number of anilines is 1. The fourth-order valence-electron chi connectivity index (χ4n) is 3.69. The summed E-state index contributed by atoms with van der Waals surface area (Å²) in [6, 6.07) is 24.4. The third-order valence-electron chi connectivity index (χ3n) is 5.38. The number of carbonyl (C=O) groups is 1. The zero-order valence-electron chi connectivity index (χ0n) is 16.6. The Morgan fingerprint density at radius 1 is 0.793 bits per heavy atom. The van der Waals surface area contributed by atoms with Crippen molar-refractivity contribution in [2.75, 3.05) is 31.1 Å². The van der Waals surface area contributed by atoms with Crippen molar-refractivity contribution in [3.8, 4) is 11.3 Å². The SMILES string of the molecule is O=C(CCCc1ccccc1)N1CCN(c2ccc(-c3ccccc3)nn2)CC1. The molecule has 0 spiro atoms. The normalized spacial score (nSPS) is 14.1. The molecule has 0 saturated carbocycles. The fourth-order valence-corrected chi connectivity index (χ4v) is 3.69. The van der Waals surface area contributed by atoms with E-state index in [9.17, 15) is 4.79 Å². The van der Waals surface area contributed by atoms with Gasteiger partial charge in [0.1, 0.15) is 0 Å². The predicted molar refractivity (Wildman–Crippen MR) is 116 cm³/mol. The first-order chi connectivity index (χ1) is 14.3. The fraction of sp³-hybridized carbons (Fsp3) is 0.292. The second kappa shape index (κ2) is 9.32. The van der Waals surface area contributed by atoms with E-state index in [4.69, 9.17) is 0 Å². The molecule has 1 fully saturated rings. The van der Waals surface area contributed by atoms with Gasteiger partial charge in [-0.15, -0.1) is 10.2 Å². The van der Waals surface area contributed by atoms with Gasteiger partial charge in [-0.2, -0.15) is 0 Å². The largest absolute Gasteiger partial charge is 0.352 e. The average Bonchev–Trinajstić information content (AvgIpc) is 2.80. The first kappa shape index (κ1) is 19.1. The molecule has 1 aromatic heterocycles. The van der Waals surface area contributed by atoms with Gasteiger partial charge in [0.25, 0.3) is 0 Å². The minimum Gasteiger partial charge on any atom is -0.352 e. The number of amides is 1. The molecule has 148 valence electrons. The second-order valence-electron chi connectivity index (χ2n) is 7.35. The van der Waals surface area contributed by atoms with E-state index in [1.807, 2.05) is 65.6 Å². The highest BCUT2D eigenvalue weighted by atomic mass is 16.2. The minimum absolute atomic E-state index is 0.256. The number of nitrogens with zero attached hydrogens (tertiary/aromatic N) is 4. The van der Waals surface area contributed by atoms with E-state index in [0.717, 1.165) is 56.1 Å². The molecule has 1 aliphatic heterocycles. The van der Waals surface area contributed by atoms with E-state index in [2.05, 4.69) is 27.2 Å². The molecule has 4 rings (SSSR count). The molecule has 1 aliphatic rings. The summed E-state index contributed by atoms with van der Waals surface area (Å²) in [5.41, 5.74) is 3.24. The molecule has 0 N–H and O–H groups in total. The van der Waals surface area contributed by atoms with Crippen LogP contribution in [0.4, 0.5) is 5.82 Å². The third-order valence-corrected chi connectivity index (χ3v) is 5.38. The van der Waals surface area contributed by atoms with Crippen LogP contribution in [0.25, 0.3) is 11.3 Å². The lowest BCUT2D eigenvalue weighted by Gasteiger charge is -2.35. The Balaban J connectivity index is 1.25. The second-order valence-corrected chi connectivity index (χ2v) is 7.35. The Bertz CT molecular complexity index is 905. The van der Waals surface area contributed by atoms with Crippen molar-refractivity contribution >= 4 is 11.7 Å². The van der Waals surface area contributed by atoms with E-state index < -0.39 is 0 Å². The lowest BCUT2D eigenvalue weighted by atomic mass is 10.1. The van der Waals surface area contributed by atoms with Crippen LogP contribution in [0.15, 0.2) is 72.8 Å². The van der Waals surface area contributed by atoms with Gasteiger partial charge in [0, 0.05) is 38.2 Å². The van der Waals surface area contributed by atoms with E-state index in [1.165, 1.54) is 5.56 Å². The molecule has 0 aliphatic carbocycles. The molecule has 5 nitrogen and oxygen atoms in total. The number of rotatable bonds is 6. The monoisotopic (exact) mass is 386 g/mol. The lowest BCUT2D eigenvalue weighted by Crippen LogP contribution is -2.49. The van der Waals surface area contributed by atoms with Gasteiger partial charge in [-0.1, -0.05) is 60.7 Å². The van der Waals surface area contributed by atoms with Gasteiger partial charge in [-0.05, 0) is 30.5 Å². The summed E-state index contributed by atoms with van der Waals surface area (Å²) in [5, 5.41) is 8.78. The third kappa shape index (κ3) is 4.99. The van der Waals surface area contributed by atoms with Gasteiger partial charge >= 0.3 is 0 Å². The molecule has 2 aromatic carbocycles. The van der Waals surface area contributed by atoms with Gasteiger partial charge in [0.15, 0.2) is 5.82 Å². The molecule has 2 heterocycles. The molecule has 29 heavy (non-hydrogen) atoms. The van der Waals surface area contributed by atoms with Crippen molar-refractivity contribution < 1.29 is 4.79 Å². The molecular weight excluding hydrogens is 360 g/mol. The van der Waals surface area contributed by atoms with Crippen LogP contribution in [-0.2, 0) is 11.2 Å². The highest BCUT2D eigenvalue weighted by Crippen LogP contribution is 2.19. The van der Waals surface area contributed by atoms with E-state index in [0.29, 0.717) is 6.42 Å². The molecule has 5 heteroatoms. The van der Waals surface area contributed by atoms with Crippen LogP contribution >= 0.6 is 0 Å². The summed E-state index contributed by atoms with van der Waals surface area (Å²) < 4.78 is 0. The summed E-state index contributed by atoms with van der Waals surface area (Å²) in [6.45, 7) is 3.08. The number of hydrogen-bond donors (Lipinski definition) is 0. The molecule has 3 aromatic rings. The Labute approximate surface area is 172 Å². The first-order valence-electron chi connectivity index (χ1n) is 10.3. The summed E-state index contributed by atoms with van der Waals surface area (Å²) >= 11 is 0. The minimum atomic E-state index is 0.256. The Morgan fingerprint density at radius 2 is 1.48 bits per heavy atom. The van der Waals surface area contributed by atoms with Crippen LogP contribution in [0.2, 0.25) is 0 Å². The van der Waals surface area contributed by atoms with Crippen LogP contribution in [0.3, 0.4) is 0 Å². The van der Waals surface area contributed by atoms with Crippen LogP contribution in [0.1, 0.15) is 18.4 Å². The van der Waals surface area contributed by atoms with Gasteiger partial charge < -0.3 is 9.80 Å². The maximum atomic E-state index is 12.5. The van der Waals surface area contributed by atoms with Crippen molar-refractivity contribution in [3.05, 3.63) is 78.4 Å². The Hall–Kier alpha value is -3.21. The van der Waals surface area contributed by atoms with Gasteiger partial charge in [-0.25, -0.2) is 0 Å². The maximum absolute atomic E-state index is 12.5. The van der Waals surface area contributed by atoms with Gasteiger partial charge in [0.05, 0.1) is 5.69 Å². The molecule has 0 unspecified atom stereocenters. The Kier molecular flexibility index (Phi) is 6.15. The predicted octanol–water partition coefficient (Wildman–Crippen LogP) is 3.82. The van der Waals surface area contributed by atoms with Crippen molar-refractivity contribution in [2.45, 2.75) is 19.3 Å². The van der Waals surface area contributed by atoms with Crippen LogP contribution in [-0.4, -0.2) is 47.2 Å². The van der Waals surface area contributed by atoms with Gasteiger partial charge in [0.2, 0.25) is 5.91 Å². The standard InChI is InChI=1S/C24H26N4O/c29-24(13-7-10-20-8-3-1-4-9-20)28-18-16-27(17-19-28)23-15-14-22(25-26-23)21-11-5-2-6-12-21/h1-6,8-9,11-12,14-15H,7,10,13,16-19H2. The van der Waals surface area contributed by atoms with Gasteiger partial charge in [-0.3, -0.25) is 4.79 Å². The van der Waals surface area contributed by atoms with E-state index >= 15 is 0 Å². The summed E-state index contributed by atoms with van der Waals surface area (Å²) in [5.74, 6) is 1.13. The van der Waals surface area contributed by atoms with E-state index in [-0.39, 0.29) is 5.91 Å². The average molecular weight is 386 g/mol. The molecule has 1 saturated heterocycles. The lowest BCUT2D eigenvalue weighted by molar-refractivity contribution is -0.131. The van der Waals surface area contributed by atoms with Crippen molar-refractivity contribution in [1.82, 2.24) is 15.1 Å². The maximum Gasteiger partial charge on any atom is 0.222 e. The number of carbonyl (C=O) groups excluding carboxylic acids is 1. The smallest absolute Gasteiger partial charge is 0.222 e. The number of aromatic nitrogens is 2. The summed E-state index contributed by atoms with van der Waals surface area (Å²) in [7, 11) is 0. The molecule has 0 bridgehead atoms. The molecular formula is C24H26N4O. The van der Waals surface area contributed by atoms with E-state index in [1.54, 1.807) is 0 Å². The van der Waals surface area contributed by atoms with Crippen molar-refractivity contribution in [2.24, 2.45) is 0 Å². The molecule has 0 atom stereocenters. The van der Waals surface area contributed by atoms with Crippen molar-refractivity contribution in [1.29, 1.82) is 0 Å². The number of piperazine rings is 1. The summed E-state index contributed by atoms with van der Waals surface area (Å²) in [6.07, 6.45) is 2.46. The van der Waals surface area contributed by atoms with Crippen molar-refractivity contribution in [3.63, 3.8) is 0 Å². The quantitative estimate of drug-likeness (QED) is 0.646.